The third-order valence-corrected chi connectivity index (χ3v) is 2.76. The summed E-state index contributed by atoms with van der Waals surface area (Å²) in [6.45, 7) is 5.92. The highest BCUT2D eigenvalue weighted by Crippen LogP contribution is 2.25. The Kier molecular flexibility index (Phi) is 2.63. The van der Waals surface area contributed by atoms with Crippen LogP contribution in [0.5, 0.6) is 0 Å². The Hall–Kier alpha value is -0.770. The molecule has 2 saturated heterocycles. The van der Waals surface area contributed by atoms with Gasteiger partial charge in [-0.05, 0) is 26.7 Å². The lowest BCUT2D eigenvalue weighted by atomic mass is 10.2. The molecule has 2 atom stereocenters. The third-order valence-electron chi connectivity index (χ3n) is 2.76. The van der Waals surface area contributed by atoms with Crippen molar-refractivity contribution in [2.24, 2.45) is 10.7 Å². The lowest BCUT2D eigenvalue weighted by Gasteiger charge is -2.33. The highest BCUT2D eigenvalue weighted by Gasteiger charge is 2.34. The standard InChI is InChI=1S/C10H19N3O/c1-7(2)12-10(11)13-5-8-3-4-9(6-13)14-8/h7-9H,3-6H2,1-2H3,(H2,11,12). The van der Waals surface area contributed by atoms with E-state index in [1.807, 2.05) is 13.8 Å². The zero-order chi connectivity index (χ0) is 10.1. The number of ether oxygens (including phenoxy) is 1. The maximum atomic E-state index is 5.92. The second-order valence-corrected chi connectivity index (χ2v) is 4.44. The van der Waals surface area contributed by atoms with Crippen LogP contribution in [0.3, 0.4) is 0 Å². The summed E-state index contributed by atoms with van der Waals surface area (Å²) in [6, 6.07) is 0.274. The molecule has 2 rings (SSSR count). The van der Waals surface area contributed by atoms with Crippen molar-refractivity contribution in [3.63, 3.8) is 0 Å². The first kappa shape index (κ1) is 9.77. The Morgan fingerprint density at radius 3 is 2.43 bits per heavy atom. The molecule has 0 aromatic heterocycles. The molecule has 0 radical (unpaired) electrons. The summed E-state index contributed by atoms with van der Waals surface area (Å²) in [5.41, 5.74) is 5.92. The average Bonchev–Trinajstić information content (AvgIpc) is 2.44. The first-order valence-electron chi connectivity index (χ1n) is 5.39. The van der Waals surface area contributed by atoms with Gasteiger partial charge < -0.3 is 15.4 Å². The van der Waals surface area contributed by atoms with E-state index >= 15 is 0 Å². The van der Waals surface area contributed by atoms with Crippen LogP contribution in [0.25, 0.3) is 0 Å². The van der Waals surface area contributed by atoms with Gasteiger partial charge in [-0.2, -0.15) is 0 Å². The average molecular weight is 197 g/mol. The molecule has 0 aliphatic carbocycles. The zero-order valence-electron chi connectivity index (χ0n) is 8.94. The topological polar surface area (TPSA) is 50.8 Å². The maximum Gasteiger partial charge on any atom is 0.191 e. The van der Waals surface area contributed by atoms with Gasteiger partial charge in [0.2, 0.25) is 0 Å². The molecule has 14 heavy (non-hydrogen) atoms. The molecule has 4 nitrogen and oxygen atoms in total. The Balaban J connectivity index is 1.99. The van der Waals surface area contributed by atoms with Gasteiger partial charge in [0.25, 0.3) is 0 Å². The highest BCUT2D eigenvalue weighted by atomic mass is 16.5. The summed E-state index contributed by atoms with van der Waals surface area (Å²) >= 11 is 0. The quantitative estimate of drug-likeness (QED) is 0.494. The SMILES string of the molecule is CC(C)N=C(N)N1CC2CCC(C1)O2. The summed E-state index contributed by atoms with van der Waals surface area (Å²) in [4.78, 5) is 6.52. The molecular formula is C10H19N3O. The lowest BCUT2D eigenvalue weighted by Crippen LogP contribution is -2.49. The van der Waals surface area contributed by atoms with Crippen LogP contribution < -0.4 is 5.73 Å². The van der Waals surface area contributed by atoms with Crippen LogP contribution in [0.2, 0.25) is 0 Å². The molecule has 2 aliphatic rings. The van der Waals surface area contributed by atoms with Crippen LogP contribution in [0.4, 0.5) is 0 Å². The van der Waals surface area contributed by atoms with E-state index in [-0.39, 0.29) is 6.04 Å². The van der Waals surface area contributed by atoms with Gasteiger partial charge in [-0.25, -0.2) is 0 Å². The first-order valence-corrected chi connectivity index (χ1v) is 5.39. The summed E-state index contributed by atoms with van der Waals surface area (Å²) < 4.78 is 5.73. The minimum atomic E-state index is 0.274. The van der Waals surface area contributed by atoms with Crippen molar-refractivity contribution >= 4 is 5.96 Å². The molecule has 2 fully saturated rings. The number of nitrogens with two attached hydrogens (primary N) is 1. The fourth-order valence-corrected chi connectivity index (χ4v) is 2.15. The third kappa shape index (κ3) is 2.00. The van der Waals surface area contributed by atoms with Gasteiger partial charge in [-0.15, -0.1) is 0 Å². The zero-order valence-corrected chi connectivity index (χ0v) is 8.94. The second kappa shape index (κ2) is 3.77. The molecule has 2 N–H and O–H groups in total. The number of hydrogen-bond acceptors (Lipinski definition) is 2. The molecule has 2 heterocycles. The maximum absolute atomic E-state index is 5.92. The van der Waals surface area contributed by atoms with Crippen molar-refractivity contribution in [2.75, 3.05) is 13.1 Å². The monoisotopic (exact) mass is 197 g/mol. The molecule has 2 unspecified atom stereocenters. The van der Waals surface area contributed by atoms with Gasteiger partial charge in [0.05, 0.1) is 12.2 Å². The number of hydrogen-bond donors (Lipinski definition) is 1. The normalized spacial score (nSPS) is 32.8. The number of nitrogens with zero attached hydrogens (tertiary/aromatic N) is 2. The molecule has 0 aromatic rings. The summed E-state index contributed by atoms with van der Waals surface area (Å²) in [5, 5.41) is 0. The molecule has 2 bridgehead atoms. The van der Waals surface area contributed by atoms with Crippen molar-refractivity contribution in [1.29, 1.82) is 0 Å². The molecular weight excluding hydrogens is 178 g/mol. The predicted octanol–water partition coefficient (Wildman–Crippen LogP) is 0.573. The van der Waals surface area contributed by atoms with E-state index in [9.17, 15) is 0 Å². The fraction of sp³-hybridized carbons (Fsp3) is 0.900. The molecule has 0 amide bonds. The Morgan fingerprint density at radius 1 is 1.36 bits per heavy atom. The van der Waals surface area contributed by atoms with Gasteiger partial charge in [-0.3, -0.25) is 4.99 Å². The minimum absolute atomic E-state index is 0.274. The minimum Gasteiger partial charge on any atom is -0.371 e. The van der Waals surface area contributed by atoms with Crippen molar-refractivity contribution in [1.82, 2.24) is 4.90 Å². The fourth-order valence-electron chi connectivity index (χ4n) is 2.15. The largest absolute Gasteiger partial charge is 0.371 e. The predicted molar refractivity (Wildman–Crippen MR) is 56.2 cm³/mol. The first-order chi connectivity index (χ1) is 6.65. The van der Waals surface area contributed by atoms with Gasteiger partial charge in [-0.1, -0.05) is 0 Å². The van der Waals surface area contributed by atoms with E-state index in [1.165, 1.54) is 12.8 Å². The molecule has 0 spiro atoms. The smallest absolute Gasteiger partial charge is 0.191 e. The van der Waals surface area contributed by atoms with E-state index in [2.05, 4.69) is 9.89 Å². The Morgan fingerprint density at radius 2 is 1.93 bits per heavy atom. The van der Waals surface area contributed by atoms with Gasteiger partial charge in [0, 0.05) is 19.1 Å². The van der Waals surface area contributed by atoms with Gasteiger partial charge in [0.15, 0.2) is 5.96 Å². The Bertz CT molecular complexity index is 228. The summed E-state index contributed by atoms with van der Waals surface area (Å²) in [5.74, 6) is 0.681. The molecule has 4 heteroatoms. The van der Waals surface area contributed by atoms with Crippen LogP contribution in [0, 0.1) is 0 Å². The highest BCUT2D eigenvalue weighted by molar-refractivity contribution is 5.78. The number of guanidine groups is 1. The van der Waals surface area contributed by atoms with Gasteiger partial charge >= 0.3 is 0 Å². The molecule has 80 valence electrons. The van der Waals surface area contributed by atoms with Gasteiger partial charge in [0.1, 0.15) is 0 Å². The Labute approximate surface area is 85.1 Å². The molecule has 2 aliphatic heterocycles. The van der Waals surface area contributed by atoms with Crippen LogP contribution in [-0.4, -0.2) is 42.2 Å². The van der Waals surface area contributed by atoms with Crippen LogP contribution >= 0.6 is 0 Å². The number of aliphatic imine (C=N–C) groups is 1. The van der Waals surface area contributed by atoms with E-state index in [0.29, 0.717) is 18.2 Å². The lowest BCUT2D eigenvalue weighted by molar-refractivity contribution is -0.0162. The number of likely N-dealkylation sites (tertiary alicyclic amines) is 1. The van der Waals surface area contributed by atoms with Crippen molar-refractivity contribution in [3.8, 4) is 0 Å². The molecule has 0 saturated carbocycles. The number of rotatable bonds is 1. The summed E-state index contributed by atoms with van der Waals surface area (Å²) in [6.07, 6.45) is 3.12. The number of fused-ring (bicyclic) bond motifs is 2. The van der Waals surface area contributed by atoms with Crippen molar-refractivity contribution in [3.05, 3.63) is 0 Å². The van der Waals surface area contributed by atoms with Crippen LogP contribution in [-0.2, 0) is 4.74 Å². The number of morpholine rings is 1. The van der Waals surface area contributed by atoms with Crippen molar-refractivity contribution < 1.29 is 4.74 Å². The molecule has 0 aromatic carbocycles. The van der Waals surface area contributed by atoms with E-state index in [1.54, 1.807) is 0 Å². The van der Waals surface area contributed by atoms with Crippen LogP contribution in [0.15, 0.2) is 4.99 Å². The van der Waals surface area contributed by atoms with E-state index < -0.39 is 0 Å². The van der Waals surface area contributed by atoms with Crippen molar-refractivity contribution in [2.45, 2.75) is 44.9 Å². The van der Waals surface area contributed by atoms with E-state index in [4.69, 9.17) is 10.5 Å². The second-order valence-electron chi connectivity index (χ2n) is 4.44. The summed E-state index contributed by atoms with van der Waals surface area (Å²) in [7, 11) is 0. The van der Waals surface area contributed by atoms with E-state index in [0.717, 1.165) is 13.1 Å². The van der Waals surface area contributed by atoms with Crippen LogP contribution in [0.1, 0.15) is 26.7 Å².